The van der Waals surface area contributed by atoms with Crippen molar-refractivity contribution in [1.29, 1.82) is 0 Å². The van der Waals surface area contributed by atoms with E-state index in [1.807, 2.05) is 19.0 Å². The summed E-state index contributed by atoms with van der Waals surface area (Å²) in [5, 5.41) is 20.9. The molecule has 0 saturated carbocycles. The number of benzene rings is 1. The van der Waals surface area contributed by atoms with E-state index in [1.54, 1.807) is 30.3 Å². The lowest BCUT2D eigenvalue weighted by molar-refractivity contribution is -0.166. The van der Waals surface area contributed by atoms with Crippen LogP contribution in [0, 0.1) is 0 Å². The summed E-state index contributed by atoms with van der Waals surface area (Å²) in [5.41, 5.74) is -0.0250. The summed E-state index contributed by atoms with van der Waals surface area (Å²) in [7, 11) is 3.71. The molecule has 130 valence electrons. The van der Waals surface area contributed by atoms with Gasteiger partial charge in [0.05, 0.1) is 12.2 Å². The first-order valence-electron chi connectivity index (χ1n) is 7.63. The van der Waals surface area contributed by atoms with E-state index in [0.717, 1.165) is 5.17 Å². The molecule has 2 aliphatic rings. The highest BCUT2D eigenvalue weighted by molar-refractivity contribution is 8.14. The molecule has 2 aliphatic heterocycles. The molecular weight excluding hydrogens is 332 g/mol. The highest BCUT2D eigenvalue weighted by Crippen LogP contribution is 2.38. The molecule has 0 radical (unpaired) electrons. The van der Waals surface area contributed by atoms with Crippen molar-refractivity contribution in [2.75, 3.05) is 20.7 Å². The molecule has 0 aliphatic carbocycles. The van der Waals surface area contributed by atoms with Gasteiger partial charge < -0.3 is 24.6 Å². The molecule has 0 unspecified atom stereocenters. The first kappa shape index (κ1) is 17.2. The molecule has 2 N–H and O–H groups in total. The summed E-state index contributed by atoms with van der Waals surface area (Å²) in [4.78, 5) is 18.5. The van der Waals surface area contributed by atoms with E-state index in [1.165, 1.54) is 11.8 Å². The number of hydrogen-bond acceptors (Lipinski definition) is 8. The monoisotopic (exact) mass is 352 g/mol. The summed E-state index contributed by atoms with van der Waals surface area (Å²) >= 11 is 1.38. The maximum Gasteiger partial charge on any atom is 0.338 e. The van der Waals surface area contributed by atoms with E-state index in [2.05, 4.69) is 4.99 Å². The zero-order chi connectivity index (χ0) is 17.3. The van der Waals surface area contributed by atoms with Crippen LogP contribution < -0.4 is 0 Å². The molecule has 1 fully saturated rings. The normalized spacial score (nSPS) is 32.0. The molecule has 0 bridgehead atoms. The lowest BCUT2D eigenvalue weighted by Gasteiger charge is -2.39. The Morgan fingerprint density at radius 2 is 2.08 bits per heavy atom. The van der Waals surface area contributed by atoms with Crippen LogP contribution in [0.25, 0.3) is 0 Å². The molecule has 8 heteroatoms. The number of carbonyl (C=O) groups excluding carboxylic acids is 1. The summed E-state index contributed by atoms with van der Waals surface area (Å²) in [6.07, 6.45) is -2.81. The first-order chi connectivity index (χ1) is 11.5. The van der Waals surface area contributed by atoms with Crippen LogP contribution in [0.15, 0.2) is 35.3 Å². The fourth-order valence-electron chi connectivity index (χ4n) is 2.68. The smallest absolute Gasteiger partial charge is 0.338 e. The Kier molecular flexibility index (Phi) is 5.09. The van der Waals surface area contributed by atoms with Crippen molar-refractivity contribution in [2.24, 2.45) is 4.99 Å². The molecule has 2 heterocycles. The van der Waals surface area contributed by atoms with Gasteiger partial charge in [-0.15, -0.1) is 0 Å². The van der Waals surface area contributed by atoms with Crippen molar-refractivity contribution in [2.45, 2.75) is 29.8 Å². The van der Waals surface area contributed by atoms with Crippen LogP contribution in [0.3, 0.4) is 0 Å². The zero-order valence-corrected chi connectivity index (χ0v) is 14.2. The largest absolute Gasteiger partial charge is 0.453 e. The van der Waals surface area contributed by atoms with Gasteiger partial charge in [-0.05, 0) is 12.1 Å². The Morgan fingerprint density at radius 3 is 2.71 bits per heavy atom. The van der Waals surface area contributed by atoms with Gasteiger partial charge in [0.25, 0.3) is 0 Å². The third kappa shape index (κ3) is 3.27. The second kappa shape index (κ2) is 7.10. The van der Waals surface area contributed by atoms with Gasteiger partial charge in [-0.3, -0.25) is 4.99 Å². The topological polar surface area (TPSA) is 91.6 Å². The SMILES string of the molecule is CN(C)C1=N[C@@H]2[C@H](O)[C@H](OC(=O)c3ccccc3)[C@H](CO)O[C@@H]2S1. The van der Waals surface area contributed by atoms with E-state index in [0.29, 0.717) is 5.56 Å². The van der Waals surface area contributed by atoms with E-state index >= 15 is 0 Å². The third-order valence-corrected chi connectivity index (χ3v) is 5.24. The standard InChI is InChI=1S/C16H20N2O5S/c1-18(2)16-17-11-12(20)13(10(8-19)22-15(11)24-16)23-14(21)9-6-4-3-5-7-9/h3-7,10-13,15,19-20H,8H2,1-2H3/t10-,11+,12-,13+,15+/m0/s1. The van der Waals surface area contributed by atoms with Gasteiger partial charge in [-0.2, -0.15) is 0 Å². The summed E-state index contributed by atoms with van der Waals surface area (Å²) in [6, 6.07) is 7.97. The molecule has 0 aromatic heterocycles. The van der Waals surface area contributed by atoms with E-state index < -0.39 is 35.8 Å². The summed E-state index contributed by atoms with van der Waals surface area (Å²) in [6.45, 7) is -0.356. The number of hydrogen-bond donors (Lipinski definition) is 2. The average Bonchev–Trinajstić information content (AvgIpc) is 3.02. The average molecular weight is 352 g/mol. The number of aliphatic imine (C=N–C) groups is 1. The second-order valence-corrected chi connectivity index (χ2v) is 6.93. The Labute approximate surface area is 144 Å². The van der Waals surface area contributed by atoms with Gasteiger partial charge >= 0.3 is 5.97 Å². The van der Waals surface area contributed by atoms with Crippen LogP contribution >= 0.6 is 11.8 Å². The maximum absolute atomic E-state index is 12.3. The molecule has 1 aromatic carbocycles. The number of amidine groups is 1. The fraction of sp³-hybridized carbons (Fsp3) is 0.500. The van der Waals surface area contributed by atoms with Crippen LogP contribution in [-0.4, -0.2) is 76.7 Å². The molecule has 7 nitrogen and oxygen atoms in total. The molecular formula is C16H20N2O5S. The number of rotatable bonds is 3. The Balaban J connectivity index is 1.77. The number of fused-ring (bicyclic) bond motifs is 1. The van der Waals surface area contributed by atoms with E-state index in [4.69, 9.17) is 9.47 Å². The van der Waals surface area contributed by atoms with Crippen molar-refractivity contribution in [3.8, 4) is 0 Å². The fourth-order valence-corrected chi connectivity index (χ4v) is 3.84. The summed E-state index contributed by atoms with van der Waals surface area (Å²) < 4.78 is 11.2. The zero-order valence-electron chi connectivity index (χ0n) is 13.4. The van der Waals surface area contributed by atoms with Gasteiger partial charge in [-0.25, -0.2) is 4.79 Å². The number of ether oxygens (including phenoxy) is 2. The molecule has 1 aromatic rings. The van der Waals surface area contributed by atoms with Gasteiger partial charge in [0.2, 0.25) is 0 Å². The molecule has 1 saturated heterocycles. The highest BCUT2D eigenvalue weighted by atomic mass is 32.2. The Bertz CT molecular complexity index is 624. The predicted molar refractivity (Wildman–Crippen MR) is 89.9 cm³/mol. The quantitative estimate of drug-likeness (QED) is 0.757. The van der Waals surface area contributed by atoms with Crippen molar-refractivity contribution in [3.05, 3.63) is 35.9 Å². The lowest BCUT2D eigenvalue weighted by Crippen LogP contribution is -2.57. The minimum atomic E-state index is -1.04. The summed E-state index contributed by atoms with van der Waals surface area (Å²) in [5.74, 6) is -0.567. The van der Waals surface area contributed by atoms with Gasteiger partial charge in [0.15, 0.2) is 11.3 Å². The molecule has 0 amide bonds. The predicted octanol–water partition coefficient (Wildman–Crippen LogP) is 0.323. The van der Waals surface area contributed by atoms with Crippen molar-refractivity contribution in [3.63, 3.8) is 0 Å². The number of carbonyl (C=O) groups is 1. The van der Waals surface area contributed by atoms with E-state index in [9.17, 15) is 15.0 Å². The molecule has 3 rings (SSSR count). The van der Waals surface area contributed by atoms with Crippen LogP contribution in [0.1, 0.15) is 10.4 Å². The minimum Gasteiger partial charge on any atom is -0.453 e. The lowest BCUT2D eigenvalue weighted by atomic mass is 9.98. The van der Waals surface area contributed by atoms with Gasteiger partial charge in [0, 0.05) is 14.1 Å². The minimum absolute atomic E-state index is 0.356. The molecule has 0 spiro atoms. The van der Waals surface area contributed by atoms with E-state index in [-0.39, 0.29) is 6.61 Å². The van der Waals surface area contributed by atoms with Gasteiger partial charge in [-0.1, -0.05) is 30.0 Å². The maximum atomic E-state index is 12.3. The van der Waals surface area contributed by atoms with Crippen LogP contribution in [-0.2, 0) is 9.47 Å². The van der Waals surface area contributed by atoms with Crippen LogP contribution in [0.5, 0.6) is 0 Å². The Hall–Kier alpha value is -1.61. The Morgan fingerprint density at radius 1 is 1.38 bits per heavy atom. The highest BCUT2D eigenvalue weighted by Gasteiger charge is 2.50. The van der Waals surface area contributed by atoms with Crippen LogP contribution in [0.4, 0.5) is 0 Å². The molecule has 24 heavy (non-hydrogen) atoms. The molecule has 5 atom stereocenters. The third-order valence-electron chi connectivity index (χ3n) is 3.94. The first-order valence-corrected chi connectivity index (χ1v) is 8.51. The number of aliphatic hydroxyl groups is 2. The van der Waals surface area contributed by atoms with Crippen molar-refractivity contribution < 1.29 is 24.5 Å². The number of esters is 1. The van der Waals surface area contributed by atoms with Crippen molar-refractivity contribution in [1.82, 2.24) is 4.90 Å². The van der Waals surface area contributed by atoms with Crippen LogP contribution in [0.2, 0.25) is 0 Å². The number of nitrogens with zero attached hydrogens (tertiary/aromatic N) is 2. The van der Waals surface area contributed by atoms with Crippen molar-refractivity contribution >= 4 is 22.9 Å². The number of thioether (sulfide) groups is 1. The number of aliphatic hydroxyl groups excluding tert-OH is 2. The second-order valence-electron chi connectivity index (χ2n) is 5.87. The van der Waals surface area contributed by atoms with Gasteiger partial charge in [0.1, 0.15) is 23.7 Å².